The maximum atomic E-state index is 12.5. The summed E-state index contributed by atoms with van der Waals surface area (Å²) in [5.74, 6) is 0.770. The molecule has 3 aromatic rings. The number of carbonyl (C=O) groups excluding carboxylic acids is 1. The number of hydrogen-bond donors (Lipinski definition) is 2. The molecule has 2 aromatic carbocycles. The number of hydrogen-bond acceptors (Lipinski definition) is 5. The van der Waals surface area contributed by atoms with Crippen LogP contribution in [0.15, 0.2) is 78.2 Å². The Morgan fingerprint density at radius 2 is 1.91 bits per heavy atom. The van der Waals surface area contributed by atoms with Crippen molar-refractivity contribution in [3.05, 3.63) is 89.7 Å². The molecule has 0 aliphatic heterocycles. The molecule has 0 bridgehead atoms. The molecule has 1 unspecified atom stereocenters. The van der Waals surface area contributed by atoms with Crippen molar-refractivity contribution < 1.29 is 14.4 Å². The molecule has 0 aliphatic rings. The molecule has 1 amide bonds. The van der Waals surface area contributed by atoms with E-state index in [9.17, 15) is 4.79 Å². The van der Waals surface area contributed by atoms with Crippen molar-refractivity contribution in [2.24, 2.45) is 10.9 Å². The summed E-state index contributed by atoms with van der Waals surface area (Å²) in [6, 6.07) is 18.7. The first-order chi connectivity index (χ1) is 15.4. The summed E-state index contributed by atoms with van der Waals surface area (Å²) in [5.41, 5.74) is 9.47. The van der Waals surface area contributed by atoms with Gasteiger partial charge in [-0.3, -0.25) is 9.78 Å². The second kappa shape index (κ2) is 10.9. The van der Waals surface area contributed by atoms with Crippen LogP contribution in [-0.4, -0.2) is 22.8 Å². The van der Waals surface area contributed by atoms with Crippen LogP contribution in [-0.2, 0) is 16.2 Å². The summed E-state index contributed by atoms with van der Waals surface area (Å²) >= 11 is 0. The van der Waals surface area contributed by atoms with Gasteiger partial charge in [-0.1, -0.05) is 55.4 Å². The molecule has 1 heterocycles. The van der Waals surface area contributed by atoms with Gasteiger partial charge in [0.15, 0.2) is 5.84 Å². The molecular formula is C25H28N4O3. The van der Waals surface area contributed by atoms with Gasteiger partial charge >= 0.3 is 0 Å². The fourth-order valence-corrected chi connectivity index (χ4v) is 2.98. The maximum absolute atomic E-state index is 12.5. The molecule has 1 aromatic heterocycles. The van der Waals surface area contributed by atoms with Crippen LogP contribution in [0, 0.1) is 0 Å². The van der Waals surface area contributed by atoms with Crippen LogP contribution in [0.4, 0.5) is 5.69 Å². The molecule has 0 saturated carbocycles. The number of pyridine rings is 1. The maximum Gasteiger partial charge on any atom is 0.267 e. The Hall–Kier alpha value is -3.87. The highest BCUT2D eigenvalue weighted by Crippen LogP contribution is 2.24. The van der Waals surface area contributed by atoms with Crippen LogP contribution >= 0.6 is 0 Å². The summed E-state index contributed by atoms with van der Waals surface area (Å²) in [5, 5.41) is 6.84. The van der Waals surface area contributed by atoms with E-state index in [4.69, 9.17) is 15.3 Å². The molecule has 3 N–H and O–H groups in total. The number of amidine groups is 1. The minimum atomic E-state index is -0.821. The number of para-hydroxylation sites is 1. The summed E-state index contributed by atoms with van der Waals surface area (Å²) in [6.45, 7) is 6.16. The molecule has 166 valence electrons. The lowest BCUT2D eigenvalue weighted by molar-refractivity contribution is -0.126. The summed E-state index contributed by atoms with van der Waals surface area (Å²) < 4.78 is 5.79. The van der Waals surface area contributed by atoms with Crippen molar-refractivity contribution in [1.29, 1.82) is 0 Å². The molecule has 3 rings (SSSR count). The Bertz CT molecular complexity index is 1070. The zero-order valence-corrected chi connectivity index (χ0v) is 18.5. The third-order valence-electron chi connectivity index (χ3n) is 4.78. The molecular weight excluding hydrogens is 404 g/mol. The van der Waals surface area contributed by atoms with Crippen LogP contribution in [0.3, 0.4) is 0 Å². The molecule has 0 spiro atoms. The van der Waals surface area contributed by atoms with Gasteiger partial charge in [-0.2, -0.15) is 0 Å². The van der Waals surface area contributed by atoms with E-state index >= 15 is 0 Å². The molecule has 1 atom stereocenters. The van der Waals surface area contributed by atoms with Gasteiger partial charge in [0.2, 0.25) is 6.10 Å². The fourth-order valence-electron chi connectivity index (χ4n) is 2.98. The summed E-state index contributed by atoms with van der Waals surface area (Å²) in [4.78, 5) is 22.0. The zero-order valence-electron chi connectivity index (χ0n) is 18.5. The van der Waals surface area contributed by atoms with Gasteiger partial charge in [-0.25, -0.2) is 0 Å². The zero-order chi connectivity index (χ0) is 22.9. The smallest absolute Gasteiger partial charge is 0.267 e. The number of nitrogens with two attached hydrogens (primary N) is 1. The molecule has 7 heteroatoms. The Labute approximate surface area is 188 Å². The number of rotatable bonds is 9. The van der Waals surface area contributed by atoms with Gasteiger partial charge in [0, 0.05) is 29.2 Å². The van der Waals surface area contributed by atoms with E-state index in [-0.39, 0.29) is 17.7 Å². The van der Waals surface area contributed by atoms with Gasteiger partial charge in [0.05, 0.1) is 0 Å². The van der Waals surface area contributed by atoms with E-state index < -0.39 is 6.10 Å². The number of benzene rings is 2. The lowest BCUT2D eigenvalue weighted by atomic mass is 10.0. The molecule has 7 nitrogen and oxygen atoms in total. The second-order valence-electron chi connectivity index (χ2n) is 7.63. The van der Waals surface area contributed by atoms with Gasteiger partial charge in [0.1, 0.15) is 12.4 Å². The number of ether oxygens (including phenoxy) is 1. The number of nitrogens with zero attached hydrogens (tertiary/aromatic N) is 2. The molecule has 0 saturated heterocycles. The number of nitrogens with one attached hydrogen (secondary N) is 1. The van der Waals surface area contributed by atoms with Crippen molar-refractivity contribution >= 4 is 17.4 Å². The first kappa shape index (κ1) is 22.8. The number of aromatic nitrogens is 1. The minimum Gasteiger partial charge on any atom is -0.489 e. The van der Waals surface area contributed by atoms with E-state index in [0.29, 0.717) is 17.9 Å². The Morgan fingerprint density at radius 1 is 1.09 bits per heavy atom. The minimum absolute atomic E-state index is 0.152. The molecule has 0 aliphatic carbocycles. The van der Waals surface area contributed by atoms with Gasteiger partial charge in [-0.05, 0) is 42.7 Å². The largest absolute Gasteiger partial charge is 0.489 e. The van der Waals surface area contributed by atoms with E-state index in [2.05, 4.69) is 29.3 Å². The van der Waals surface area contributed by atoms with Crippen molar-refractivity contribution in [2.75, 3.05) is 5.32 Å². The normalized spacial score (nSPS) is 12.3. The van der Waals surface area contributed by atoms with Crippen LogP contribution < -0.4 is 15.8 Å². The second-order valence-corrected chi connectivity index (χ2v) is 7.63. The average Bonchev–Trinajstić information content (AvgIpc) is 2.82. The summed E-state index contributed by atoms with van der Waals surface area (Å²) in [7, 11) is 0. The van der Waals surface area contributed by atoms with Crippen LogP contribution in [0.1, 0.15) is 43.4 Å². The number of oxime groups is 1. The number of carbonyl (C=O) groups is 1. The molecule has 0 fully saturated rings. The number of amides is 1. The van der Waals surface area contributed by atoms with E-state index in [0.717, 1.165) is 16.8 Å². The third kappa shape index (κ3) is 6.31. The lowest BCUT2D eigenvalue weighted by Gasteiger charge is -2.16. The quantitative estimate of drug-likeness (QED) is 0.296. The monoisotopic (exact) mass is 432 g/mol. The highest BCUT2D eigenvalue weighted by Gasteiger charge is 2.17. The molecule has 32 heavy (non-hydrogen) atoms. The van der Waals surface area contributed by atoms with Gasteiger partial charge in [-0.15, -0.1) is 0 Å². The average molecular weight is 433 g/mol. The standard InChI is InChI=1S/C25H28N4O3/c1-17(2)22-11-4-5-12-23(22)28-25(30)18(3)32-29-24(26)20-9-6-10-21(14-20)31-16-19-8-7-13-27-15-19/h4-15,17-18H,16H2,1-3H3,(H2,26,29)(H,28,30). The van der Waals surface area contributed by atoms with Crippen LogP contribution in [0.5, 0.6) is 5.75 Å². The summed E-state index contributed by atoms with van der Waals surface area (Å²) in [6.07, 6.45) is 2.64. The van der Waals surface area contributed by atoms with Gasteiger partial charge in [0.25, 0.3) is 5.91 Å². The SMILES string of the molecule is CC(O/N=C(/N)c1cccc(OCc2cccnc2)c1)C(=O)Nc1ccccc1C(C)C. The topological polar surface area (TPSA) is 98.8 Å². The highest BCUT2D eigenvalue weighted by molar-refractivity contribution is 5.98. The Morgan fingerprint density at radius 3 is 2.66 bits per heavy atom. The fraction of sp³-hybridized carbons (Fsp3) is 0.240. The van der Waals surface area contributed by atoms with E-state index in [1.54, 1.807) is 31.5 Å². The van der Waals surface area contributed by atoms with Gasteiger partial charge < -0.3 is 20.6 Å². The van der Waals surface area contributed by atoms with Crippen LogP contribution in [0.2, 0.25) is 0 Å². The Kier molecular flexibility index (Phi) is 7.80. The van der Waals surface area contributed by atoms with E-state index in [1.165, 1.54) is 0 Å². The van der Waals surface area contributed by atoms with Crippen LogP contribution in [0.25, 0.3) is 0 Å². The predicted octanol–water partition coefficient (Wildman–Crippen LogP) is 4.45. The van der Waals surface area contributed by atoms with Crippen molar-refractivity contribution in [3.8, 4) is 5.75 Å². The Balaban J connectivity index is 1.59. The number of anilines is 1. The molecule has 0 radical (unpaired) electrons. The highest BCUT2D eigenvalue weighted by atomic mass is 16.6. The predicted molar refractivity (Wildman–Crippen MR) is 125 cm³/mol. The van der Waals surface area contributed by atoms with Crippen molar-refractivity contribution in [2.45, 2.75) is 39.4 Å². The first-order valence-corrected chi connectivity index (χ1v) is 10.4. The van der Waals surface area contributed by atoms with E-state index in [1.807, 2.05) is 48.5 Å². The third-order valence-corrected chi connectivity index (χ3v) is 4.78. The first-order valence-electron chi connectivity index (χ1n) is 10.4. The van der Waals surface area contributed by atoms with Crippen molar-refractivity contribution in [3.63, 3.8) is 0 Å². The van der Waals surface area contributed by atoms with Crippen molar-refractivity contribution in [1.82, 2.24) is 4.98 Å². The lowest BCUT2D eigenvalue weighted by Crippen LogP contribution is -2.28.